The van der Waals surface area contributed by atoms with E-state index in [9.17, 15) is 4.79 Å². The van der Waals surface area contributed by atoms with Crippen molar-refractivity contribution in [3.8, 4) is 17.0 Å². The van der Waals surface area contributed by atoms with Crippen LogP contribution in [0.3, 0.4) is 0 Å². The van der Waals surface area contributed by atoms with E-state index in [1.54, 1.807) is 13.3 Å². The maximum Gasteiger partial charge on any atom is 0.252 e. The van der Waals surface area contributed by atoms with Crippen molar-refractivity contribution in [2.24, 2.45) is 7.05 Å². The first kappa shape index (κ1) is 22.5. The molecule has 1 amide bonds. The Morgan fingerprint density at radius 1 is 1.15 bits per heavy atom. The molecule has 0 saturated carbocycles. The highest BCUT2D eigenvalue weighted by Gasteiger charge is 2.32. The van der Waals surface area contributed by atoms with Gasteiger partial charge in [0.2, 0.25) is 0 Å². The number of benzene rings is 2. The van der Waals surface area contributed by atoms with Crippen LogP contribution in [-0.2, 0) is 7.05 Å². The van der Waals surface area contributed by atoms with Crippen LogP contribution in [0.1, 0.15) is 47.3 Å². The third-order valence-corrected chi connectivity index (χ3v) is 7.18. The number of hydrogen-bond acceptors (Lipinski definition) is 5. The Morgan fingerprint density at radius 3 is 2.59 bits per heavy atom. The summed E-state index contributed by atoms with van der Waals surface area (Å²) in [4.78, 5) is 15.8. The summed E-state index contributed by atoms with van der Waals surface area (Å²) in [6, 6.07) is 15.2. The fraction of sp³-hybridized carbons (Fsp3) is 0.407. The predicted octanol–water partition coefficient (Wildman–Crippen LogP) is 3.84. The van der Waals surface area contributed by atoms with Crippen LogP contribution < -0.4 is 20.3 Å². The van der Waals surface area contributed by atoms with Crippen molar-refractivity contribution < 1.29 is 9.53 Å². The number of ether oxygens (including phenoxy) is 1. The molecule has 5 rings (SSSR count). The quantitative estimate of drug-likeness (QED) is 0.586. The SMILES string of the molecule is COc1cc(-c2ccnn2C)cc([C@@H](C)NC(=O)c2cc(N3C[C@H]4CC[C@@H](C3)N4)ccc2C)c1. The Morgan fingerprint density at radius 2 is 1.91 bits per heavy atom. The standard InChI is InChI=1S/C27H33N5O2/c1-17-5-8-23(32-15-21-6-7-22(16-32)30-21)14-25(17)27(33)29-18(2)19-11-20(13-24(12-19)34-4)26-9-10-28-31(26)3/h5,8-14,18,21-22,30H,6-7,15-16H2,1-4H3,(H,29,33)/t18-,21-,22+/m1/s1. The van der Waals surface area contributed by atoms with Crippen molar-refractivity contribution in [2.45, 2.75) is 44.8 Å². The smallest absolute Gasteiger partial charge is 0.252 e. The highest BCUT2D eigenvalue weighted by Crippen LogP contribution is 2.30. The van der Waals surface area contributed by atoms with Crippen molar-refractivity contribution in [1.29, 1.82) is 0 Å². The van der Waals surface area contributed by atoms with Gasteiger partial charge in [-0.05, 0) is 74.2 Å². The fourth-order valence-electron chi connectivity index (χ4n) is 5.21. The molecule has 7 nitrogen and oxygen atoms in total. The third kappa shape index (κ3) is 4.40. The molecule has 2 saturated heterocycles. The molecule has 0 spiro atoms. The zero-order chi connectivity index (χ0) is 23.8. The van der Waals surface area contributed by atoms with E-state index in [2.05, 4.69) is 44.9 Å². The van der Waals surface area contributed by atoms with E-state index in [4.69, 9.17) is 4.74 Å². The molecule has 3 aromatic rings. The van der Waals surface area contributed by atoms with Crippen LogP contribution in [-0.4, -0.2) is 48.0 Å². The molecule has 1 aromatic heterocycles. The molecule has 2 N–H and O–H groups in total. The summed E-state index contributed by atoms with van der Waals surface area (Å²) in [5.74, 6) is 0.691. The molecule has 3 heterocycles. The van der Waals surface area contributed by atoms with E-state index in [0.29, 0.717) is 12.1 Å². The summed E-state index contributed by atoms with van der Waals surface area (Å²) in [6.07, 6.45) is 4.25. The summed E-state index contributed by atoms with van der Waals surface area (Å²) in [7, 11) is 3.58. The first-order chi connectivity index (χ1) is 16.4. The molecule has 2 aromatic carbocycles. The number of rotatable bonds is 6. The summed E-state index contributed by atoms with van der Waals surface area (Å²) in [5.41, 5.74) is 5.81. The van der Waals surface area contributed by atoms with Crippen LogP contribution in [0.4, 0.5) is 5.69 Å². The molecule has 3 atom stereocenters. The van der Waals surface area contributed by atoms with Gasteiger partial charge < -0.3 is 20.3 Å². The van der Waals surface area contributed by atoms with Gasteiger partial charge in [0.25, 0.3) is 5.91 Å². The van der Waals surface area contributed by atoms with E-state index in [-0.39, 0.29) is 11.9 Å². The Bertz CT molecular complexity index is 1190. The molecule has 2 aliphatic heterocycles. The zero-order valence-corrected chi connectivity index (χ0v) is 20.3. The molecule has 2 fully saturated rings. The summed E-state index contributed by atoms with van der Waals surface area (Å²) < 4.78 is 7.38. The van der Waals surface area contributed by atoms with Crippen molar-refractivity contribution in [2.75, 3.05) is 25.1 Å². The lowest BCUT2D eigenvalue weighted by atomic mass is 10.0. The molecule has 0 radical (unpaired) electrons. The lowest BCUT2D eigenvalue weighted by molar-refractivity contribution is 0.0939. The lowest BCUT2D eigenvalue weighted by Gasteiger charge is -2.35. The number of hydrogen-bond donors (Lipinski definition) is 2. The van der Waals surface area contributed by atoms with Gasteiger partial charge in [0.15, 0.2) is 0 Å². The van der Waals surface area contributed by atoms with Crippen LogP contribution in [0.2, 0.25) is 0 Å². The summed E-state index contributed by atoms with van der Waals surface area (Å²) >= 11 is 0. The van der Waals surface area contributed by atoms with E-state index < -0.39 is 0 Å². The Balaban J connectivity index is 1.37. The average Bonchev–Trinajstić information content (AvgIpc) is 3.42. The molecular weight excluding hydrogens is 426 g/mol. The van der Waals surface area contributed by atoms with E-state index in [1.807, 2.05) is 43.8 Å². The van der Waals surface area contributed by atoms with Gasteiger partial charge >= 0.3 is 0 Å². The summed E-state index contributed by atoms with van der Waals surface area (Å²) in [6.45, 7) is 6.00. The molecule has 2 bridgehead atoms. The summed E-state index contributed by atoms with van der Waals surface area (Å²) in [5, 5.41) is 11.2. The van der Waals surface area contributed by atoms with Gasteiger partial charge in [-0.2, -0.15) is 5.10 Å². The monoisotopic (exact) mass is 459 g/mol. The number of methoxy groups -OCH3 is 1. The largest absolute Gasteiger partial charge is 0.497 e. The van der Waals surface area contributed by atoms with Gasteiger partial charge in [0.05, 0.1) is 18.8 Å². The van der Waals surface area contributed by atoms with Crippen LogP contribution in [0.5, 0.6) is 5.75 Å². The van der Waals surface area contributed by atoms with E-state index >= 15 is 0 Å². The van der Waals surface area contributed by atoms with Crippen LogP contribution in [0.25, 0.3) is 11.3 Å². The second-order valence-corrected chi connectivity index (χ2v) is 9.57. The number of fused-ring (bicyclic) bond motifs is 2. The van der Waals surface area contributed by atoms with Crippen molar-refractivity contribution in [3.63, 3.8) is 0 Å². The number of amides is 1. The number of aromatic nitrogens is 2. The minimum atomic E-state index is -0.187. The maximum atomic E-state index is 13.4. The number of carbonyl (C=O) groups excluding carboxylic acids is 1. The maximum absolute atomic E-state index is 13.4. The van der Waals surface area contributed by atoms with Gasteiger partial charge in [-0.25, -0.2) is 0 Å². The first-order valence-corrected chi connectivity index (χ1v) is 12.0. The topological polar surface area (TPSA) is 71.4 Å². The molecule has 2 aliphatic rings. The van der Waals surface area contributed by atoms with Crippen LogP contribution in [0, 0.1) is 6.92 Å². The number of piperazine rings is 1. The van der Waals surface area contributed by atoms with E-state index in [0.717, 1.165) is 52.5 Å². The number of aryl methyl sites for hydroxylation is 2. The normalized spacial score (nSPS) is 20.3. The lowest BCUT2D eigenvalue weighted by Crippen LogP contribution is -2.51. The highest BCUT2D eigenvalue weighted by molar-refractivity contribution is 5.97. The van der Waals surface area contributed by atoms with Crippen LogP contribution >= 0.6 is 0 Å². The van der Waals surface area contributed by atoms with Crippen molar-refractivity contribution in [3.05, 3.63) is 65.4 Å². The predicted molar refractivity (Wildman–Crippen MR) is 134 cm³/mol. The Kier molecular flexibility index (Phi) is 6.04. The fourth-order valence-corrected chi connectivity index (χ4v) is 5.21. The number of carbonyl (C=O) groups is 1. The molecular formula is C27H33N5O2. The van der Waals surface area contributed by atoms with Gasteiger partial charge in [0, 0.05) is 55.2 Å². The highest BCUT2D eigenvalue weighted by atomic mass is 16.5. The Hall–Kier alpha value is -3.32. The van der Waals surface area contributed by atoms with E-state index in [1.165, 1.54) is 12.8 Å². The first-order valence-electron chi connectivity index (χ1n) is 12.0. The minimum Gasteiger partial charge on any atom is -0.497 e. The van der Waals surface area contributed by atoms with Crippen LogP contribution in [0.15, 0.2) is 48.7 Å². The molecule has 178 valence electrons. The second-order valence-electron chi connectivity index (χ2n) is 9.57. The second kappa shape index (κ2) is 9.14. The van der Waals surface area contributed by atoms with Gasteiger partial charge in [-0.3, -0.25) is 9.48 Å². The average molecular weight is 460 g/mol. The zero-order valence-electron chi connectivity index (χ0n) is 20.3. The molecule has 0 aliphatic carbocycles. The molecule has 7 heteroatoms. The van der Waals surface area contributed by atoms with Gasteiger partial charge in [-0.15, -0.1) is 0 Å². The van der Waals surface area contributed by atoms with Gasteiger partial charge in [0.1, 0.15) is 5.75 Å². The molecule has 34 heavy (non-hydrogen) atoms. The minimum absolute atomic E-state index is 0.0603. The van der Waals surface area contributed by atoms with Gasteiger partial charge in [-0.1, -0.05) is 6.07 Å². The van der Waals surface area contributed by atoms with Crippen molar-refractivity contribution >= 4 is 11.6 Å². The number of nitrogens with one attached hydrogen (secondary N) is 2. The van der Waals surface area contributed by atoms with Crippen molar-refractivity contribution in [1.82, 2.24) is 20.4 Å². The number of nitrogens with zero attached hydrogens (tertiary/aromatic N) is 3. The molecule has 0 unspecified atom stereocenters. The number of anilines is 1. The Labute approximate surface area is 201 Å². The third-order valence-electron chi connectivity index (χ3n) is 7.18.